The average molecular weight is 498 g/mol. The molecule has 3 heterocycles. The fourth-order valence-electron chi connectivity index (χ4n) is 3.62. The fourth-order valence-corrected chi connectivity index (χ4v) is 3.86. The van der Waals surface area contributed by atoms with Crippen LogP contribution in [0, 0.1) is 0 Å². The van der Waals surface area contributed by atoms with Crippen LogP contribution in [0.4, 0.5) is 0 Å². The second kappa shape index (κ2) is 10.8. The van der Waals surface area contributed by atoms with Crippen molar-refractivity contribution in [3.63, 3.8) is 0 Å². The van der Waals surface area contributed by atoms with E-state index in [9.17, 15) is 4.79 Å². The van der Waals surface area contributed by atoms with Crippen molar-refractivity contribution in [3.05, 3.63) is 86.5 Å². The largest absolute Gasteiger partial charge is 0.485 e. The summed E-state index contributed by atoms with van der Waals surface area (Å²) in [7, 11) is 2.17. The third kappa shape index (κ3) is 6.48. The topological polar surface area (TPSA) is 63.5 Å². The van der Waals surface area contributed by atoms with E-state index >= 15 is 0 Å². The van der Waals surface area contributed by atoms with Gasteiger partial charge in [0.25, 0.3) is 5.56 Å². The average Bonchev–Trinajstić information content (AvgIpc) is 2.80. The van der Waals surface area contributed by atoms with Gasteiger partial charge in [0.2, 0.25) is 0 Å². The minimum Gasteiger partial charge on any atom is -0.485 e. The highest BCUT2D eigenvalue weighted by molar-refractivity contribution is 9.10. The molecule has 7 nitrogen and oxygen atoms in total. The van der Waals surface area contributed by atoms with E-state index < -0.39 is 0 Å². The maximum absolute atomic E-state index is 12.4. The Balaban J connectivity index is 1.27. The van der Waals surface area contributed by atoms with Crippen LogP contribution in [0.15, 0.2) is 64.1 Å². The zero-order valence-corrected chi connectivity index (χ0v) is 19.9. The van der Waals surface area contributed by atoms with E-state index in [4.69, 9.17) is 4.74 Å². The molecule has 32 heavy (non-hydrogen) atoms. The molecule has 0 spiro atoms. The summed E-state index contributed by atoms with van der Waals surface area (Å²) in [4.78, 5) is 21.5. The maximum Gasteiger partial charge on any atom is 0.270 e. The number of halogens is 1. The van der Waals surface area contributed by atoms with E-state index in [1.807, 2.05) is 12.1 Å². The lowest BCUT2D eigenvalue weighted by Gasteiger charge is -2.32. The predicted molar refractivity (Wildman–Crippen MR) is 128 cm³/mol. The lowest BCUT2D eigenvalue weighted by Crippen LogP contribution is -2.43. The number of hydrogen-bond acceptors (Lipinski definition) is 6. The van der Waals surface area contributed by atoms with Gasteiger partial charge in [-0.15, -0.1) is 0 Å². The molecule has 0 saturated carbocycles. The number of hydrogen-bond donors (Lipinski definition) is 0. The van der Waals surface area contributed by atoms with Crippen LogP contribution in [-0.4, -0.2) is 57.8 Å². The van der Waals surface area contributed by atoms with Gasteiger partial charge in [0.05, 0.1) is 11.9 Å². The Morgan fingerprint density at radius 1 is 1.00 bits per heavy atom. The predicted octanol–water partition coefficient (Wildman–Crippen LogP) is 2.97. The quantitative estimate of drug-likeness (QED) is 0.476. The van der Waals surface area contributed by atoms with Gasteiger partial charge in [-0.05, 0) is 52.7 Å². The monoisotopic (exact) mass is 497 g/mol. The van der Waals surface area contributed by atoms with Crippen LogP contribution in [0.5, 0.6) is 5.75 Å². The molecule has 168 valence electrons. The first kappa shape index (κ1) is 22.6. The van der Waals surface area contributed by atoms with Gasteiger partial charge in [-0.3, -0.25) is 14.7 Å². The number of aryl methyl sites for hydroxylation is 2. The number of pyridine rings is 1. The summed E-state index contributed by atoms with van der Waals surface area (Å²) in [5.74, 6) is 0.448. The van der Waals surface area contributed by atoms with Crippen molar-refractivity contribution < 1.29 is 4.74 Å². The maximum atomic E-state index is 12.4. The third-order valence-electron chi connectivity index (χ3n) is 5.66. The summed E-state index contributed by atoms with van der Waals surface area (Å²) in [5, 5.41) is 4.26. The summed E-state index contributed by atoms with van der Waals surface area (Å²) in [6, 6.07) is 13.9. The lowest BCUT2D eigenvalue weighted by molar-refractivity contribution is 0.148. The second-order valence-corrected chi connectivity index (χ2v) is 9.07. The number of likely N-dealkylation sites (N-methyl/N-ethyl adjacent to an activating group) is 1. The number of rotatable bonds is 8. The minimum absolute atomic E-state index is 0.169. The first-order chi connectivity index (χ1) is 15.5. The summed E-state index contributed by atoms with van der Waals surface area (Å²) in [6.45, 7) is 6.31. The van der Waals surface area contributed by atoms with Crippen LogP contribution in [-0.2, 0) is 26.1 Å². The highest BCUT2D eigenvalue weighted by Gasteiger charge is 2.13. The van der Waals surface area contributed by atoms with E-state index in [1.165, 1.54) is 21.9 Å². The van der Waals surface area contributed by atoms with E-state index in [-0.39, 0.29) is 5.56 Å². The van der Waals surface area contributed by atoms with Crippen LogP contribution in [0.1, 0.15) is 16.8 Å². The van der Waals surface area contributed by atoms with Crippen molar-refractivity contribution in [3.8, 4) is 5.75 Å². The van der Waals surface area contributed by atoms with Gasteiger partial charge in [-0.1, -0.05) is 24.3 Å². The molecule has 1 aliphatic rings. The summed E-state index contributed by atoms with van der Waals surface area (Å²) in [5.41, 5.74) is 3.14. The van der Waals surface area contributed by atoms with Gasteiger partial charge in [-0.25, -0.2) is 4.68 Å². The molecular weight excluding hydrogens is 470 g/mol. The van der Waals surface area contributed by atoms with Gasteiger partial charge in [0.1, 0.15) is 12.4 Å². The van der Waals surface area contributed by atoms with Gasteiger partial charge in [0, 0.05) is 56.0 Å². The van der Waals surface area contributed by atoms with Crippen LogP contribution in [0.2, 0.25) is 0 Å². The van der Waals surface area contributed by atoms with Crippen molar-refractivity contribution in [1.82, 2.24) is 24.6 Å². The van der Waals surface area contributed by atoms with Crippen LogP contribution in [0.25, 0.3) is 0 Å². The molecule has 1 fully saturated rings. The molecule has 1 saturated heterocycles. The summed E-state index contributed by atoms with van der Waals surface area (Å²) in [6.07, 6.45) is 4.05. The molecule has 2 aromatic heterocycles. The molecule has 0 bridgehead atoms. The molecule has 0 unspecified atom stereocenters. The molecule has 4 rings (SSSR count). The molecule has 0 radical (unpaired) electrons. The van der Waals surface area contributed by atoms with Crippen LogP contribution in [0.3, 0.4) is 0 Å². The SMILES string of the molecule is CN1CCN(Cc2ccc(CCn3ncc(OCc4ccc(Br)cn4)cc3=O)cc2)CC1. The Hall–Kier alpha value is -2.55. The van der Waals surface area contributed by atoms with Crippen molar-refractivity contribution >= 4 is 15.9 Å². The summed E-state index contributed by atoms with van der Waals surface area (Å²) >= 11 is 3.36. The standard InChI is InChI=1S/C24H28BrN5O2/c1-28-10-12-29(13-11-28)17-20-4-2-19(3-5-20)8-9-30-24(31)14-23(16-27-30)32-18-22-7-6-21(25)15-26-22/h2-7,14-16H,8-13,17-18H2,1H3. The molecule has 0 aliphatic carbocycles. The highest BCUT2D eigenvalue weighted by Crippen LogP contribution is 2.12. The Labute approximate surface area is 196 Å². The van der Waals surface area contributed by atoms with E-state index in [1.54, 1.807) is 12.4 Å². The smallest absolute Gasteiger partial charge is 0.270 e. The number of aromatic nitrogens is 3. The molecule has 8 heteroatoms. The van der Waals surface area contributed by atoms with Gasteiger partial charge >= 0.3 is 0 Å². The van der Waals surface area contributed by atoms with Crippen molar-refractivity contribution in [1.29, 1.82) is 0 Å². The van der Waals surface area contributed by atoms with Crippen molar-refractivity contribution in [2.24, 2.45) is 0 Å². The number of ether oxygens (including phenoxy) is 1. The first-order valence-electron chi connectivity index (χ1n) is 10.8. The minimum atomic E-state index is -0.169. The zero-order chi connectivity index (χ0) is 22.3. The van der Waals surface area contributed by atoms with Crippen molar-refractivity contribution in [2.75, 3.05) is 33.2 Å². The molecule has 0 amide bonds. The van der Waals surface area contributed by atoms with Gasteiger partial charge in [0.15, 0.2) is 0 Å². The Kier molecular flexibility index (Phi) is 7.68. The number of nitrogens with zero attached hydrogens (tertiary/aromatic N) is 5. The van der Waals surface area contributed by atoms with Crippen LogP contribution >= 0.6 is 15.9 Å². The Morgan fingerprint density at radius 2 is 1.75 bits per heavy atom. The van der Waals surface area contributed by atoms with Gasteiger partial charge in [-0.2, -0.15) is 5.10 Å². The molecular formula is C24H28BrN5O2. The number of benzene rings is 1. The lowest BCUT2D eigenvalue weighted by atomic mass is 10.1. The normalized spacial score (nSPS) is 15.1. The second-order valence-electron chi connectivity index (χ2n) is 8.16. The first-order valence-corrected chi connectivity index (χ1v) is 11.6. The van der Waals surface area contributed by atoms with E-state index in [0.29, 0.717) is 18.9 Å². The number of piperazine rings is 1. The molecule has 3 aromatic rings. The zero-order valence-electron chi connectivity index (χ0n) is 18.3. The third-order valence-corrected chi connectivity index (χ3v) is 6.13. The molecule has 0 N–H and O–H groups in total. The van der Waals surface area contributed by atoms with E-state index in [2.05, 4.69) is 67.1 Å². The molecule has 1 aliphatic heterocycles. The molecule has 0 atom stereocenters. The fraction of sp³-hybridized carbons (Fsp3) is 0.375. The Morgan fingerprint density at radius 3 is 2.44 bits per heavy atom. The Bertz CT molecular complexity index is 1060. The van der Waals surface area contributed by atoms with Crippen molar-refractivity contribution in [2.45, 2.75) is 26.1 Å². The van der Waals surface area contributed by atoms with Gasteiger partial charge < -0.3 is 9.64 Å². The summed E-state index contributed by atoms with van der Waals surface area (Å²) < 4.78 is 8.04. The highest BCUT2D eigenvalue weighted by atomic mass is 79.9. The molecule has 1 aromatic carbocycles. The van der Waals surface area contributed by atoms with E-state index in [0.717, 1.165) is 49.3 Å². The van der Waals surface area contributed by atoms with Crippen LogP contribution < -0.4 is 10.3 Å².